The number of hydrogen-bond acceptors (Lipinski definition) is 5. The second-order valence-corrected chi connectivity index (χ2v) is 5.42. The van der Waals surface area contributed by atoms with Crippen molar-refractivity contribution < 1.29 is 23.8 Å². The number of carbonyl (C=O) groups excluding carboxylic acids is 2. The van der Waals surface area contributed by atoms with Crippen molar-refractivity contribution in [1.29, 1.82) is 0 Å². The molecule has 1 aromatic rings. The molecule has 0 spiro atoms. The number of rotatable bonds is 5. The van der Waals surface area contributed by atoms with Crippen molar-refractivity contribution >= 4 is 12.0 Å². The fourth-order valence-corrected chi connectivity index (χ4v) is 2.54. The van der Waals surface area contributed by atoms with E-state index in [9.17, 15) is 9.59 Å². The van der Waals surface area contributed by atoms with Crippen LogP contribution in [-0.4, -0.2) is 67.8 Å². The van der Waals surface area contributed by atoms with Gasteiger partial charge in [-0.25, -0.2) is 4.79 Å². The number of hydrogen-bond donors (Lipinski definition) is 0. The average molecular weight is 336 g/mol. The van der Waals surface area contributed by atoms with Crippen molar-refractivity contribution in [3.05, 3.63) is 24.3 Å². The SMILES string of the molecule is CCOC(=O)N1CCN(C(=O)[C@H](C)Oc2ccccc2OC)CC1. The Morgan fingerprint density at radius 2 is 1.67 bits per heavy atom. The van der Waals surface area contributed by atoms with E-state index in [-0.39, 0.29) is 12.0 Å². The quantitative estimate of drug-likeness (QED) is 0.820. The Labute approximate surface area is 142 Å². The minimum atomic E-state index is -0.629. The number of ether oxygens (including phenoxy) is 3. The van der Waals surface area contributed by atoms with Gasteiger partial charge in [-0.15, -0.1) is 0 Å². The average Bonchev–Trinajstić information content (AvgIpc) is 2.61. The van der Waals surface area contributed by atoms with Gasteiger partial charge in [0.25, 0.3) is 5.91 Å². The molecule has 0 aliphatic carbocycles. The van der Waals surface area contributed by atoms with Gasteiger partial charge < -0.3 is 24.0 Å². The molecule has 24 heavy (non-hydrogen) atoms. The molecule has 1 aromatic carbocycles. The van der Waals surface area contributed by atoms with Crippen molar-refractivity contribution in [3.8, 4) is 11.5 Å². The van der Waals surface area contributed by atoms with E-state index in [4.69, 9.17) is 14.2 Å². The van der Waals surface area contributed by atoms with Crippen LogP contribution in [0.1, 0.15) is 13.8 Å². The molecule has 0 saturated carbocycles. The van der Waals surface area contributed by atoms with Gasteiger partial charge in [0, 0.05) is 26.2 Å². The van der Waals surface area contributed by atoms with Crippen molar-refractivity contribution in [2.75, 3.05) is 39.9 Å². The standard InChI is InChI=1S/C17H24N2O5/c1-4-23-17(21)19-11-9-18(10-12-19)16(20)13(2)24-15-8-6-5-7-14(15)22-3/h5-8,13H,4,9-12H2,1-3H3/t13-/m0/s1. The van der Waals surface area contributed by atoms with E-state index in [0.717, 1.165) is 0 Å². The third-order valence-electron chi connectivity index (χ3n) is 3.84. The van der Waals surface area contributed by atoms with E-state index < -0.39 is 6.10 Å². The minimum absolute atomic E-state index is 0.107. The van der Waals surface area contributed by atoms with Crippen LogP contribution in [0, 0.1) is 0 Å². The second kappa shape index (κ2) is 8.42. The molecule has 1 atom stereocenters. The Bertz CT molecular complexity index is 570. The molecule has 0 N–H and O–H groups in total. The van der Waals surface area contributed by atoms with Gasteiger partial charge in [0.15, 0.2) is 17.6 Å². The number of methoxy groups -OCH3 is 1. The highest BCUT2D eigenvalue weighted by molar-refractivity contribution is 5.81. The van der Waals surface area contributed by atoms with Gasteiger partial charge in [0.2, 0.25) is 0 Å². The monoisotopic (exact) mass is 336 g/mol. The number of amides is 2. The summed E-state index contributed by atoms with van der Waals surface area (Å²) in [7, 11) is 1.56. The third kappa shape index (κ3) is 4.31. The highest BCUT2D eigenvalue weighted by Crippen LogP contribution is 2.27. The number of nitrogens with zero attached hydrogens (tertiary/aromatic N) is 2. The van der Waals surface area contributed by atoms with Gasteiger partial charge in [0.05, 0.1) is 13.7 Å². The van der Waals surface area contributed by atoms with Crippen LogP contribution in [0.5, 0.6) is 11.5 Å². The predicted molar refractivity (Wildman–Crippen MR) is 88.3 cm³/mol. The van der Waals surface area contributed by atoms with Gasteiger partial charge in [0.1, 0.15) is 0 Å². The van der Waals surface area contributed by atoms with Crippen molar-refractivity contribution in [2.24, 2.45) is 0 Å². The molecule has 132 valence electrons. The number of carbonyl (C=O) groups is 2. The molecule has 2 rings (SSSR count). The Balaban J connectivity index is 1.89. The summed E-state index contributed by atoms with van der Waals surface area (Å²) in [4.78, 5) is 27.5. The van der Waals surface area contributed by atoms with Crippen LogP contribution in [0.15, 0.2) is 24.3 Å². The first kappa shape index (κ1) is 17.9. The molecule has 1 aliphatic rings. The smallest absolute Gasteiger partial charge is 0.409 e. The minimum Gasteiger partial charge on any atom is -0.493 e. The summed E-state index contributed by atoms with van der Waals surface area (Å²) in [6.07, 6.45) is -0.960. The number of piperazine rings is 1. The zero-order valence-corrected chi connectivity index (χ0v) is 14.4. The first-order valence-electron chi connectivity index (χ1n) is 8.07. The van der Waals surface area contributed by atoms with E-state index in [2.05, 4.69) is 0 Å². The zero-order valence-electron chi connectivity index (χ0n) is 14.4. The third-order valence-corrected chi connectivity index (χ3v) is 3.84. The maximum Gasteiger partial charge on any atom is 0.409 e. The summed E-state index contributed by atoms with van der Waals surface area (Å²) >= 11 is 0. The fraction of sp³-hybridized carbons (Fsp3) is 0.529. The summed E-state index contributed by atoms with van der Waals surface area (Å²) in [5, 5.41) is 0. The van der Waals surface area contributed by atoms with Gasteiger partial charge in [-0.2, -0.15) is 0 Å². The van der Waals surface area contributed by atoms with E-state index in [1.165, 1.54) is 0 Å². The van der Waals surface area contributed by atoms with Crippen LogP contribution in [0.4, 0.5) is 4.79 Å². The predicted octanol–water partition coefficient (Wildman–Crippen LogP) is 1.76. The molecule has 1 fully saturated rings. The highest BCUT2D eigenvalue weighted by atomic mass is 16.6. The summed E-state index contributed by atoms with van der Waals surface area (Å²) in [5.74, 6) is 1.01. The maximum atomic E-state index is 12.5. The Hall–Kier alpha value is -2.44. The summed E-state index contributed by atoms with van der Waals surface area (Å²) in [6.45, 7) is 5.70. The summed E-state index contributed by atoms with van der Waals surface area (Å²) in [6, 6.07) is 7.21. The van der Waals surface area contributed by atoms with Gasteiger partial charge in [-0.1, -0.05) is 12.1 Å². The van der Waals surface area contributed by atoms with Gasteiger partial charge in [-0.05, 0) is 26.0 Å². The molecule has 1 saturated heterocycles. The van der Waals surface area contributed by atoms with Crippen LogP contribution in [0.25, 0.3) is 0 Å². The molecule has 7 nitrogen and oxygen atoms in total. The number of para-hydroxylation sites is 2. The Morgan fingerprint density at radius 3 is 2.25 bits per heavy atom. The lowest BCUT2D eigenvalue weighted by Gasteiger charge is -2.35. The van der Waals surface area contributed by atoms with E-state index >= 15 is 0 Å². The van der Waals surface area contributed by atoms with E-state index in [1.807, 2.05) is 12.1 Å². The molecule has 7 heteroatoms. The molecule has 0 radical (unpaired) electrons. The highest BCUT2D eigenvalue weighted by Gasteiger charge is 2.28. The summed E-state index contributed by atoms with van der Waals surface area (Å²) in [5.41, 5.74) is 0. The number of benzene rings is 1. The van der Waals surface area contributed by atoms with Gasteiger partial charge >= 0.3 is 6.09 Å². The van der Waals surface area contributed by atoms with Crippen LogP contribution in [0.3, 0.4) is 0 Å². The fourth-order valence-electron chi connectivity index (χ4n) is 2.54. The second-order valence-electron chi connectivity index (χ2n) is 5.42. The molecular formula is C17H24N2O5. The van der Waals surface area contributed by atoms with Crippen LogP contribution >= 0.6 is 0 Å². The Kier molecular flexibility index (Phi) is 6.28. The molecule has 1 aliphatic heterocycles. The normalized spacial score (nSPS) is 15.6. The van der Waals surface area contributed by atoms with Crippen LogP contribution in [0.2, 0.25) is 0 Å². The first-order chi connectivity index (χ1) is 11.6. The lowest BCUT2D eigenvalue weighted by atomic mass is 10.2. The largest absolute Gasteiger partial charge is 0.493 e. The lowest BCUT2D eigenvalue weighted by Crippen LogP contribution is -2.53. The van der Waals surface area contributed by atoms with Gasteiger partial charge in [-0.3, -0.25) is 4.79 Å². The molecule has 1 heterocycles. The van der Waals surface area contributed by atoms with E-state index in [1.54, 1.807) is 42.9 Å². The molecule has 0 unspecified atom stereocenters. The summed E-state index contributed by atoms with van der Waals surface area (Å²) < 4.78 is 15.9. The van der Waals surface area contributed by atoms with Crippen LogP contribution < -0.4 is 9.47 Å². The molecule has 0 aromatic heterocycles. The van der Waals surface area contributed by atoms with E-state index in [0.29, 0.717) is 44.3 Å². The van der Waals surface area contributed by atoms with Crippen molar-refractivity contribution in [2.45, 2.75) is 20.0 Å². The van der Waals surface area contributed by atoms with Crippen molar-refractivity contribution in [1.82, 2.24) is 9.80 Å². The molecular weight excluding hydrogens is 312 g/mol. The lowest BCUT2D eigenvalue weighted by molar-refractivity contribution is -0.139. The van der Waals surface area contributed by atoms with Crippen LogP contribution in [-0.2, 0) is 9.53 Å². The van der Waals surface area contributed by atoms with Crippen molar-refractivity contribution in [3.63, 3.8) is 0 Å². The molecule has 0 bridgehead atoms. The molecule has 2 amide bonds. The Morgan fingerprint density at radius 1 is 1.08 bits per heavy atom. The topological polar surface area (TPSA) is 68.3 Å². The zero-order chi connectivity index (χ0) is 17.5. The first-order valence-corrected chi connectivity index (χ1v) is 8.07. The maximum absolute atomic E-state index is 12.5.